The maximum Gasteiger partial charge on any atom is 0.218 e. The molecule has 0 spiro atoms. The van der Waals surface area contributed by atoms with Crippen molar-refractivity contribution in [1.82, 2.24) is 0 Å². The standard InChI is InChI=1S/C12H15NO4/c1-17-10-4-2-8(3-5-10)9(6-11(13)14)7-12(15)16/h2-5,9H,6-7H2,1H3,(H2,13,14)(H,15,16)/p-1. The molecule has 5 nitrogen and oxygen atoms in total. The summed E-state index contributed by atoms with van der Waals surface area (Å²) in [5.41, 5.74) is 5.82. The van der Waals surface area contributed by atoms with E-state index in [0.29, 0.717) is 5.75 Å². The fourth-order valence-electron chi connectivity index (χ4n) is 1.63. The molecule has 1 amide bonds. The molecule has 0 aliphatic carbocycles. The van der Waals surface area contributed by atoms with Gasteiger partial charge in [0.1, 0.15) is 5.75 Å². The second kappa shape index (κ2) is 5.89. The summed E-state index contributed by atoms with van der Waals surface area (Å²) in [5.74, 6) is -1.53. The lowest BCUT2D eigenvalue weighted by Crippen LogP contribution is -2.26. The number of nitrogens with two attached hydrogens (primary N) is 1. The minimum Gasteiger partial charge on any atom is -0.550 e. The van der Waals surface area contributed by atoms with E-state index in [1.54, 1.807) is 24.3 Å². The molecule has 1 aromatic carbocycles. The van der Waals surface area contributed by atoms with Gasteiger partial charge in [-0.15, -0.1) is 0 Å². The van der Waals surface area contributed by atoms with E-state index in [1.165, 1.54) is 7.11 Å². The lowest BCUT2D eigenvalue weighted by Gasteiger charge is -2.16. The van der Waals surface area contributed by atoms with Crippen LogP contribution in [-0.2, 0) is 9.59 Å². The first-order valence-corrected chi connectivity index (χ1v) is 5.15. The van der Waals surface area contributed by atoms with Crippen LogP contribution in [0.4, 0.5) is 0 Å². The van der Waals surface area contributed by atoms with Crippen LogP contribution in [0.25, 0.3) is 0 Å². The van der Waals surface area contributed by atoms with Gasteiger partial charge in [-0.1, -0.05) is 12.1 Å². The van der Waals surface area contributed by atoms with Crippen LogP contribution in [-0.4, -0.2) is 19.0 Å². The summed E-state index contributed by atoms with van der Waals surface area (Å²) in [7, 11) is 1.54. The first kappa shape index (κ1) is 13.0. The molecule has 0 radical (unpaired) electrons. The minimum atomic E-state index is -1.20. The van der Waals surface area contributed by atoms with Crippen LogP contribution in [0.15, 0.2) is 24.3 Å². The van der Waals surface area contributed by atoms with Gasteiger partial charge in [0.05, 0.1) is 7.11 Å². The highest BCUT2D eigenvalue weighted by atomic mass is 16.5. The van der Waals surface area contributed by atoms with Gasteiger partial charge in [0.15, 0.2) is 0 Å². The fraction of sp³-hybridized carbons (Fsp3) is 0.333. The number of ether oxygens (including phenoxy) is 1. The zero-order valence-corrected chi connectivity index (χ0v) is 9.51. The average molecular weight is 236 g/mol. The number of carboxylic acids is 1. The van der Waals surface area contributed by atoms with Gasteiger partial charge in [-0.05, 0) is 30.0 Å². The first-order valence-electron chi connectivity index (χ1n) is 5.15. The summed E-state index contributed by atoms with van der Waals surface area (Å²) < 4.78 is 4.99. The molecule has 0 aliphatic heterocycles. The zero-order valence-electron chi connectivity index (χ0n) is 9.51. The highest BCUT2D eigenvalue weighted by Gasteiger charge is 2.14. The van der Waals surface area contributed by atoms with Gasteiger partial charge >= 0.3 is 0 Å². The molecule has 0 bridgehead atoms. The molecule has 0 saturated carbocycles. The van der Waals surface area contributed by atoms with Crippen LogP contribution in [0.3, 0.4) is 0 Å². The number of methoxy groups -OCH3 is 1. The Morgan fingerprint density at radius 3 is 2.29 bits per heavy atom. The number of carboxylic acid groups (broad SMARTS) is 1. The first-order chi connectivity index (χ1) is 8.02. The van der Waals surface area contributed by atoms with E-state index in [1.807, 2.05) is 0 Å². The number of benzene rings is 1. The van der Waals surface area contributed by atoms with E-state index in [4.69, 9.17) is 10.5 Å². The maximum absolute atomic E-state index is 10.9. The predicted molar refractivity (Wildman–Crippen MR) is 59.2 cm³/mol. The molecule has 0 saturated heterocycles. The molecule has 0 heterocycles. The van der Waals surface area contributed by atoms with Gasteiger partial charge in [-0.25, -0.2) is 0 Å². The van der Waals surface area contributed by atoms with Crippen molar-refractivity contribution in [3.05, 3.63) is 29.8 Å². The van der Waals surface area contributed by atoms with Crippen molar-refractivity contribution in [3.8, 4) is 5.75 Å². The van der Waals surface area contributed by atoms with Gasteiger partial charge in [-0.2, -0.15) is 0 Å². The molecule has 5 heteroatoms. The van der Waals surface area contributed by atoms with Crippen LogP contribution >= 0.6 is 0 Å². The molecule has 2 N–H and O–H groups in total. The quantitative estimate of drug-likeness (QED) is 0.739. The Bertz CT molecular complexity index is 383. The molecule has 92 valence electrons. The van der Waals surface area contributed by atoms with Gasteiger partial charge in [-0.3, -0.25) is 4.79 Å². The van der Waals surface area contributed by atoms with Crippen molar-refractivity contribution in [2.24, 2.45) is 5.73 Å². The van der Waals surface area contributed by atoms with Gasteiger partial charge < -0.3 is 20.4 Å². The Hall–Kier alpha value is -2.04. The fourth-order valence-corrected chi connectivity index (χ4v) is 1.63. The van der Waals surface area contributed by atoms with Crippen molar-refractivity contribution >= 4 is 11.9 Å². The van der Waals surface area contributed by atoms with Crippen LogP contribution in [0.2, 0.25) is 0 Å². The molecule has 0 fully saturated rings. The Balaban J connectivity index is 2.86. The molecule has 0 aromatic heterocycles. The molecular weight excluding hydrogens is 222 g/mol. The Labute approximate surface area is 99.2 Å². The Kier molecular flexibility index (Phi) is 4.51. The van der Waals surface area contributed by atoms with E-state index in [0.717, 1.165) is 5.56 Å². The number of carbonyl (C=O) groups excluding carboxylic acids is 2. The third-order valence-corrected chi connectivity index (χ3v) is 2.45. The monoisotopic (exact) mass is 236 g/mol. The highest BCUT2D eigenvalue weighted by Crippen LogP contribution is 2.24. The number of hydrogen-bond donors (Lipinski definition) is 1. The number of hydrogen-bond acceptors (Lipinski definition) is 4. The van der Waals surface area contributed by atoms with Crippen molar-refractivity contribution in [1.29, 1.82) is 0 Å². The summed E-state index contributed by atoms with van der Waals surface area (Å²) in [6, 6.07) is 6.85. The second-order valence-electron chi connectivity index (χ2n) is 3.72. The number of aliphatic carboxylic acids is 1. The van der Waals surface area contributed by atoms with Crippen molar-refractivity contribution in [2.75, 3.05) is 7.11 Å². The summed E-state index contributed by atoms with van der Waals surface area (Å²) in [6.07, 6.45) is -0.240. The lowest BCUT2D eigenvalue weighted by atomic mass is 9.92. The zero-order chi connectivity index (χ0) is 12.8. The Morgan fingerprint density at radius 1 is 1.29 bits per heavy atom. The molecule has 1 unspecified atom stereocenters. The molecule has 1 rings (SSSR count). The normalized spacial score (nSPS) is 11.8. The van der Waals surface area contributed by atoms with E-state index in [-0.39, 0.29) is 12.8 Å². The summed E-state index contributed by atoms with van der Waals surface area (Å²) in [6.45, 7) is 0. The molecule has 0 aliphatic rings. The van der Waals surface area contributed by atoms with Crippen molar-refractivity contribution < 1.29 is 19.4 Å². The van der Waals surface area contributed by atoms with Crippen LogP contribution in [0.1, 0.15) is 24.3 Å². The molecule has 1 atom stereocenters. The maximum atomic E-state index is 10.9. The number of primary amides is 1. The van der Waals surface area contributed by atoms with Crippen LogP contribution < -0.4 is 15.6 Å². The summed E-state index contributed by atoms with van der Waals surface area (Å²) in [4.78, 5) is 21.5. The SMILES string of the molecule is COc1ccc(C(CC(N)=O)CC(=O)[O-])cc1. The summed E-state index contributed by atoms with van der Waals surface area (Å²) in [5, 5.41) is 10.6. The highest BCUT2D eigenvalue weighted by molar-refractivity contribution is 5.76. The third kappa shape index (κ3) is 4.14. The number of carbonyl (C=O) groups is 2. The van der Waals surface area contributed by atoms with Gasteiger partial charge in [0.2, 0.25) is 5.91 Å². The second-order valence-corrected chi connectivity index (χ2v) is 3.72. The average Bonchev–Trinajstić information content (AvgIpc) is 2.27. The van der Waals surface area contributed by atoms with E-state index in [2.05, 4.69) is 0 Å². The van der Waals surface area contributed by atoms with Gasteiger partial charge in [0, 0.05) is 12.4 Å². The van der Waals surface area contributed by atoms with Gasteiger partial charge in [0.25, 0.3) is 0 Å². The topological polar surface area (TPSA) is 92.5 Å². The molecular formula is C12H14NO4-. The third-order valence-electron chi connectivity index (χ3n) is 2.45. The smallest absolute Gasteiger partial charge is 0.218 e. The van der Waals surface area contributed by atoms with Crippen LogP contribution in [0, 0.1) is 0 Å². The van der Waals surface area contributed by atoms with Crippen LogP contribution in [0.5, 0.6) is 5.75 Å². The predicted octanol–water partition coefficient (Wildman–Crippen LogP) is -0.206. The molecule has 17 heavy (non-hydrogen) atoms. The number of rotatable bonds is 6. The minimum absolute atomic E-state index is 0.0136. The largest absolute Gasteiger partial charge is 0.550 e. The number of amides is 1. The van der Waals surface area contributed by atoms with Crippen molar-refractivity contribution in [2.45, 2.75) is 18.8 Å². The molecule has 1 aromatic rings. The van der Waals surface area contributed by atoms with E-state index < -0.39 is 17.8 Å². The van der Waals surface area contributed by atoms with E-state index >= 15 is 0 Å². The lowest BCUT2D eigenvalue weighted by molar-refractivity contribution is -0.306. The van der Waals surface area contributed by atoms with Crippen molar-refractivity contribution in [3.63, 3.8) is 0 Å². The van der Waals surface area contributed by atoms with E-state index in [9.17, 15) is 14.7 Å². The Morgan fingerprint density at radius 2 is 1.88 bits per heavy atom. The summed E-state index contributed by atoms with van der Waals surface area (Å²) >= 11 is 0.